The number of aromatic nitrogens is 1. The zero-order valence-corrected chi connectivity index (χ0v) is 17.5. The van der Waals surface area contributed by atoms with Crippen LogP contribution in [0.15, 0.2) is 34.9 Å². The van der Waals surface area contributed by atoms with E-state index in [2.05, 4.69) is 53.2 Å². The van der Waals surface area contributed by atoms with Crippen LogP contribution in [-0.4, -0.2) is 4.98 Å². The van der Waals surface area contributed by atoms with E-state index in [0.717, 1.165) is 11.0 Å². The zero-order valence-electron chi connectivity index (χ0n) is 15.9. The van der Waals surface area contributed by atoms with Gasteiger partial charge in [0.15, 0.2) is 0 Å². The van der Waals surface area contributed by atoms with Gasteiger partial charge in [0.1, 0.15) is 4.60 Å². The lowest BCUT2D eigenvalue weighted by Gasteiger charge is -2.06. The lowest BCUT2D eigenvalue weighted by Crippen LogP contribution is -1.92. The van der Waals surface area contributed by atoms with E-state index < -0.39 is 0 Å². The van der Waals surface area contributed by atoms with Crippen molar-refractivity contribution in [3.05, 3.63) is 40.6 Å². The average Bonchev–Trinajstić information content (AvgIpc) is 2.63. The fraction of sp³-hybridized carbons (Fsp3) is 0.609. The largest absolute Gasteiger partial charge is 0.245 e. The van der Waals surface area contributed by atoms with E-state index in [-0.39, 0.29) is 0 Å². The summed E-state index contributed by atoms with van der Waals surface area (Å²) in [5.41, 5.74) is 1.22. The molecule has 0 radical (unpaired) electrons. The smallest absolute Gasteiger partial charge is 0.114 e. The molecule has 0 saturated heterocycles. The van der Waals surface area contributed by atoms with Crippen molar-refractivity contribution in [1.29, 1.82) is 0 Å². The van der Waals surface area contributed by atoms with Gasteiger partial charge in [-0.25, -0.2) is 4.98 Å². The van der Waals surface area contributed by atoms with Gasteiger partial charge in [0.25, 0.3) is 0 Å². The molecule has 0 aliphatic rings. The number of aryl methyl sites for hydroxylation is 1. The number of fused-ring (bicyclic) bond motifs is 1. The van der Waals surface area contributed by atoms with E-state index in [4.69, 9.17) is 4.98 Å². The Bertz CT molecular complexity index is 608. The minimum absolute atomic E-state index is 0.986. The highest BCUT2D eigenvalue weighted by atomic mass is 79.9. The van der Waals surface area contributed by atoms with E-state index in [1.54, 1.807) is 0 Å². The molecular formula is C23H34BrN. The number of hydrogen-bond acceptors (Lipinski definition) is 1. The summed E-state index contributed by atoms with van der Waals surface area (Å²) in [6.07, 6.45) is 17.9. The second kappa shape index (κ2) is 12.5. The predicted octanol–water partition coefficient (Wildman–Crippen LogP) is 8.24. The molecule has 0 bridgehead atoms. The van der Waals surface area contributed by atoms with Crippen LogP contribution >= 0.6 is 15.9 Å². The Morgan fingerprint density at radius 3 is 1.96 bits per heavy atom. The molecule has 0 fully saturated rings. The third-order valence-electron chi connectivity index (χ3n) is 5.03. The van der Waals surface area contributed by atoms with E-state index >= 15 is 0 Å². The van der Waals surface area contributed by atoms with Gasteiger partial charge in [-0.2, -0.15) is 0 Å². The number of halogens is 1. The highest BCUT2D eigenvalue weighted by Crippen LogP contribution is 2.23. The Morgan fingerprint density at radius 2 is 1.32 bits per heavy atom. The third-order valence-corrected chi connectivity index (χ3v) is 5.64. The molecule has 0 unspecified atom stereocenters. The van der Waals surface area contributed by atoms with Crippen LogP contribution in [0.2, 0.25) is 0 Å². The number of rotatable bonds is 13. The first kappa shape index (κ1) is 20.4. The highest BCUT2D eigenvalue weighted by molar-refractivity contribution is 9.10. The number of benzene rings is 1. The van der Waals surface area contributed by atoms with Crippen LogP contribution in [0.3, 0.4) is 0 Å². The predicted molar refractivity (Wildman–Crippen MR) is 114 cm³/mol. The molecule has 2 heteroatoms. The van der Waals surface area contributed by atoms with E-state index in [9.17, 15) is 0 Å². The fourth-order valence-electron chi connectivity index (χ4n) is 3.48. The average molecular weight is 404 g/mol. The van der Waals surface area contributed by atoms with Crippen LogP contribution in [0.25, 0.3) is 10.8 Å². The lowest BCUT2D eigenvalue weighted by molar-refractivity contribution is 0.543. The Morgan fingerprint density at radius 1 is 0.760 bits per heavy atom. The molecule has 2 rings (SSSR count). The maximum Gasteiger partial charge on any atom is 0.114 e. The molecule has 0 spiro atoms. The van der Waals surface area contributed by atoms with E-state index in [1.165, 1.54) is 93.5 Å². The van der Waals surface area contributed by atoms with Crippen LogP contribution in [0, 0.1) is 0 Å². The summed E-state index contributed by atoms with van der Waals surface area (Å²) in [7, 11) is 0. The molecule has 2 aromatic rings. The molecule has 1 aromatic carbocycles. The maximum absolute atomic E-state index is 4.71. The SMILES string of the molecule is CCCCCCCCCCCCCCc1cc2ccccc2c(Br)n1. The lowest BCUT2D eigenvalue weighted by atomic mass is 10.0. The van der Waals surface area contributed by atoms with Crippen molar-refractivity contribution in [2.45, 2.75) is 90.4 Å². The van der Waals surface area contributed by atoms with Gasteiger partial charge in [-0.05, 0) is 40.2 Å². The van der Waals surface area contributed by atoms with Crippen LogP contribution in [0.1, 0.15) is 89.7 Å². The van der Waals surface area contributed by atoms with Crippen molar-refractivity contribution in [3.8, 4) is 0 Å². The summed E-state index contributed by atoms with van der Waals surface area (Å²) in [5.74, 6) is 0. The summed E-state index contributed by atoms with van der Waals surface area (Å²) in [5, 5.41) is 2.50. The molecule has 0 atom stereocenters. The van der Waals surface area contributed by atoms with Gasteiger partial charge in [0.2, 0.25) is 0 Å². The van der Waals surface area contributed by atoms with Gasteiger partial charge in [-0.1, -0.05) is 102 Å². The van der Waals surface area contributed by atoms with Gasteiger partial charge >= 0.3 is 0 Å². The number of hydrogen-bond donors (Lipinski definition) is 0. The molecule has 0 aliphatic heterocycles. The summed E-state index contributed by atoms with van der Waals surface area (Å²) >= 11 is 3.61. The summed E-state index contributed by atoms with van der Waals surface area (Å²) in [6, 6.07) is 10.7. The third kappa shape index (κ3) is 7.90. The molecule has 1 heterocycles. The normalized spacial score (nSPS) is 11.3. The van der Waals surface area contributed by atoms with Crippen molar-refractivity contribution >= 4 is 26.7 Å². The van der Waals surface area contributed by atoms with Crippen LogP contribution in [0.5, 0.6) is 0 Å². The highest BCUT2D eigenvalue weighted by Gasteiger charge is 2.03. The molecule has 0 aliphatic carbocycles. The van der Waals surface area contributed by atoms with Crippen LogP contribution < -0.4 is 0 Å². The number of unbranched alkanes of at least 4 members (excludes halogenated alkanes) is 11. The Hall–Kier alpha value is -0.890. The standard InChI is InChI=1S/C23H34BrN/c1-2-3-4-5-6-7-8-9-10-11-12-13-17-21-19-20-16-14-15-18-22(20)23(24)25-21/h14-16,18-19H,2-13,17H2,1H3. The quantitative estimate of drug-likeness (QED) is 0.242. The minimum Gasteiger partial charge on any atom is -0.245 e. The van der Waals surface area contributed by atoms with Gasteiger partial charge in [0, 0.05) is 11.1 Å². The molecule has 0 saturated carbocycles. The summed E-state index contributed by atoms with van der Waals surface area (Å²) in [6.45, 7) is 2.29. The first-order valence-corrected chi connectivity index (χ1v) is 11.1. The topological polar surface area (TPSA) is 12.9 Å². The molecule has 0 amide bonds. The molecule has 0 N–H and O–H groups in total. The molecule has 1 aromatic heterocycles. The van der Waals surface area contributed by atoms with Crippen molar-refractivity contribution in [3.63, 3.8) is 0 Å². The first-order valence-electron chi connectivity index (χ1n) is 10.4. The summed E-state index contributed by atoms with van der Waals surface area (Å²) < 4.78 is 0.986. The van der Waals surface area contributed by atoms with Gasteiger partial charge in [0.05, 0.1) is 0 Å². The van der Waals surface area contributed by atoms with E-state index in [0.29, 0.717) is 0 Å². The van der Waals surface area contributed by atoms with Gasteiger partial charge < -0.3 is 0 Å². The van der Waals surface area contributed by atoms with Crippen molar-refractivity contribution in [2.75, 3.05) is 0 Å². The number of pyridine rings is 1. The molecular weight excluding hydrogens is 370 g/mol. The van der Waals surface area contributed by atoms with Crippen LogP contribution in [-0.2, 0) is 6.42 Å². The zero-order chi connectivity index (χ0) is 17.7. The van der Waals surface area contributed by atoms with Gasteiger partial charge in [-0.15, -0.1) is 0 Å². The fourth-order valence-corrected chi connectivity index (χ4v) is 4.07. The van der Waals surface area contributed by atoms with Crippen molar-refractivity contribution in [1.82, 2.24) is 4.98 Å². The molecule has 1 nitrogen and oxygen atoms in total. The monoisotopic (exact) mass is 403 g/mol. The Balaban J connectivity index is 1.52. The maximum atomic E-state index is 4.71. The Labute approximate surface area is 162 Å². The second-order valence-electron chi connectivity index (χ2n) is 7.26. The summed E-state index contributed by atoms with van der Waals surface area (Å²) in [4.78, 5) is 4.71. The van der Waals surface area contributed by atoms with Crippen molar-refractivity contribution in [2.24, 2.45) is 0 Å². The number of nitrogens with zero attached hydrogens (tertiary/aromatic N) is 1. The first-order chi connectivity index (χ1) is 12.3. The van der Waals surface area contributed by atoms with Crippen LogP contribution in [0.4, 0.5) is 0 Å². The van der Waals surface area contributed by atoms with Gasteiger partial charge in [-0.3, -0.25) is 0 Å². The minimum atomic E-state index is 0.986. The molecule has 25 heavy (non-hydrogen) atoms. The van der Waals surface area contributed by atoms with Crippen molar-refractivity contribution < 1.29 is 0 Å². The van der Waals surface area contributed by atoms with E-state index in [1.807, 2.05) is 0 Å². The Kier molecular flexibility index (Phi) is 10.2. The second-order valence-corrected chi connectivity index (χ2v) is 8.02. The molecule has 138 valence electrons.